The average Bonchev–Trinajstić information content (AvgIpc) is 2.77. The predicted molar refractivity (Wildman–Crippen MR) is 116 cm³/mol. The Bertz CT molecular complexity index is 989. The summed E-state index contributed by atoms with van der Waals surface area (Å²) in [6.07, 6.45) is 0. The number of hydrogen-bond acceptors (Lipinski definition) is 6. The van der Waals surface area contributed by atoms with Crippen LogP contribution in [0.4, 0.5) is 5.69 Å². The Hall–Kier alpha value is -2.94. The molecular weight excluding hydrogens is 408 g/mol. The van der Waals surface area contributed by atoms with E-state index in [1.54, 1.807) is 19.2 Å². The zero-order chi connectivity index (χ0) is 22.5. The smallest absolute Gasteiger partial charge is 0.254 e. The Balaban J connectivity index is 2.45. The number of hydrogen-bond donors (Lipinski definition) is 1. The molecule has 9 heteroatoms. The Morgan fingerprint density at radius 2 is 1.60 bits per heavy atom. The van der Waals surface area contributed by atoms with Gasteiger partial charge in [0.2, 0.25) is 10.0 Å². The molecule has 0 radical (unpaired) electrons. The summed E-state index contributed by atoms with van der Waals surface area (Å²) in [6.45, 7) is 3.38. The van der Waals surface area contributed by atoms with Crippen LogP contribution in [-0.4, -0.2) is 48.5 Å². The number of ether oxygens (including phenoxy) is 3. The van der Waals surface area contributed by atoms with Gasteiger partial charge in [0.15, 0.2) is 11.5 Å². The van der Waals surface area contributed by atoms with Crippen molar-refractivity contribution in [1.82, 2.24) is 5.32 Å². The third-order valence-electron chi connectivity index (χ3n) is 4.83. The van der Waals surface area contributed by atoms with Crippen LogP contribution in [-0.2, 0) is 10.0 Å². The largest absolute Gasteiger partial charge is 0.497 e. The number of methoxy groups -OCH3 is 3. The Morgan fingerprint density at radius 3 is 2.10 bits per heavy atom. The van der Waals surface area contributed by atoms with Gasteiger partial charge in [-0.3, -0.25) is 9.10 Å². The number of rotatable bonds is 9. The lowest BCUT2D eigenvalue weighted by Gasteiger charge is -2.24. The number of anilines is 1. The van der Waals surface area contributed by atoms with Gasteiger partial charge in [-0.2, -0.15) is 0 Å². The number of nitrogens with one attached hydrogen (secondary N) is 1. The second-order valence-corrected chi connectivity index (χ2v) is 8.85. The van der Waals surface area contributed by atoms with Gasteiger partial charge >= 0.3 is 0 Å². The molecule has 0 aliphatic heterocycles. The number of amides is 1. The summed E-state index contributed by atoms with van der Waals surface area (Å²) in [7, 11) is 2.29. The first-order valence-corrected chi connectivity index (χ1v) is 11.0. The maximum atomic E-state index is 13.1. The monoisotopic (exact) mass is 436 g/mol. The molecule has 0 saturated carbocycles. The maximum Gasteiger partial charge on any atom is 0.254 e. The summed E-state index contributed by atoms with van der Waals surface area (Å²) in [5, 5.41) is 2.91. The van der Waals surface area contributed by atoms with Gasteiger partial charge in [-0.1, -0.05) is 12.1 Å². The maximum absolute atomic E-state index is 13.1. The highest BCUT2D eigenvalue weighted by Crippen LogP contribution is 2.36. The molecule has 30 heavy (non-hydrogen) atoms. The second kappa shape index (κ2) is 9.71. The van der Waals surface area contributed by atoms with Crippen molar-refractivity contribution in [2.75, 3.05) is 38.4 Å². The van der Waals surface area contributed by atoms with E-state index in [9.17, 15) is 13.2 Å². The molecule has 2 rings (SSSR count). The number of benzene rings is 2. The van der Waals surface area contributed by atoms with Gasteiger partial charge < -0.3 is 19.5 Å². The SMILES string of the molecule is CCS(=O)(=O)N(C)c1cc(OC)c(OC)cc1C(=O)N[C@H](C)c1ccc(OC)cc1. The molecule has 1 atom stereocenters. The van der Waals surface area contributed by atoms with Crippen LogP contribution >= 0.6 is 0 Å². The van der Waals surface area contributed by atoms with Crippen LogP contribution in [0.25, 0.3) is 0 Å². The molecule has 0 saturated heterocycles. The van der Waals surface area contributed by atoms with E-state index in [-0.39, 0.29) is 23.0 Å². The molecule has 164 valence electrons. The third-order valence-corrected chi connectivity index (χ3v) is 6.59. The van der Waals surface area contributed by atoms with Crippen molar-refractivity contribution < 1.29 is 27.4 Å². The fourth-order valence-corrected chi connectivity index (χ4v) is 3.74. The van der Waals surface area contributed by atoms with Gasteiger partial charge in [-0.05, 0) is 37.6 Å². The van der Waals surface area contributed by atoms with Crippen molar-refractivity contribution in [3.05, 3.63) is 47.5 Å². The van der Waals surface area contributed by atoms with E-state index < -0.39 is 15.9 Å². The lowest BCUT2D eigenvalue weighted by Crippen LogP contribution is -2.32. The van der Waals surface area contributed by atoms with Crippen molar-refractivity contribution in [1.29, 1.82) is 0 Å². The predicted octanol–water partition coefficient (Wildman–Crippen LogP) is 2.99. The minimum absolute atomic E-state index is 0.110. The van der Waals surface area contributed by atoms with E-state index in [0.717, 1.165) is 9.87 Å². The van der Waals surface area contributed by atoms with Crippen molar-refractivity contribution >= 4 is 21.6 Å². The van der Waals surface area contributed by atoms with Crippen molar-refractivity contribution in [2.45, 2.75) is 19.9 Å². The van der Waals surface area contributed by atoms with E-state index in [1.165, 1.54) is 40.3 Å². The first-order chi connectivity index (χ1) is 14.2. The van der Waals surface area contributed by atoms with Gasteiger partial charge in [-0.15, -0.1) is 0 Å². The molecule has 0 aliphatic rings. The van der Waals surface area contributed by atoms with Crippen LogP contribution in [0.3, 0.4) is 0 Å². The number of carbonyl (C=O) groups is 1. The van der Waals surface area contributed by atoms with Gasteiger partial charge in [-0.25, -0.2) is 8.42 Å². The quantitative estimate of drug-likeness (QED) is 0.649. The molecule has 0 aliphatic carbocycles. The fraction of sp³-hybridized carbons (Fsp3) is 0.381. The number of nitrogens with zero attached hydrogens (tertiary/aromatic N) is 1. The highest BCUT2D eigenvalue weighted by molar-refractivity contribution is 7.92. The molecule has 0 fully saturated rings. The minimum Gasteiger partial charge on any atom is -0.497 e. The normalized spacial score (nSPS) is 12.1. The molecule has 0 aromatic heterocycles. The van der Waals surface area contributed by atoms with Gasteiger partial charge in [0, 0.05) is 13.1 Å². The Morgan fingerprint density at radius 1 is 1.03 bits per heavy atom. The van der Waals surface area contributed by atoms with Gasteiger partial charge in [0.05, 0.1) is 44.4 Å². The summed E-state index contributed by atoms with van der Waals surface area (Å²) < 4.78 is 41.7. The molecule has 2 aromatic rings. The zero-order valence-electron chi connectivity index (χ0n) is 18.1. The minimum atomic E-state index is -3.60. The third kappa shape index (κ3) is 4.96. The van der Waals surface area contributed by atoms with E-state index in [4.69, 9.17) is 14.2 Å². The van der Waals surface area contributed by atoms with Crippen molar-refractivity contribution in [2.24, 2.45) is 0 Å². The molecule has 0 bridgehead atoms. The summed E-state index contributed by atoms with van der Waals surface area (Å²) >= 11 is 0. The lowest BCUT2D eigenvalue weighted by atomic mass is 10.1. The summed E-state index contributed by atoms with van der Waals surface area (Å²) in [5.41, 5.74) is 1.24. The van der Waals surface area contributed by atoms with E-state index in [2.05, 4.69) is 5.32 Å². The van der Waals surface area contributed by atoms with Crippen LogP contribution in [0.1, 0.15) is 35.8 Å². The summed E-state index contributed by atoms with van der Waals surface area (Å²) in [6, 6.07) is 9.96. The zero-order valence-corrected chi connectivity index (χ0v) is 18.9. The molecule has 1 amide bonds. The van der Waals surface area contributed by atoms with Gasteiger partial charge in [0.1, 0.15) is 5.75 Å². The highest BCUT2D eigenvalue weighted by Gasteiger charge is 2.25. The van der Waals surface area contributed by atoms with E-state index in [1.807, 2.05) is 19.1 Å². The number of sulfonamides is 1. The van der Waals surface area contributed by atoms with Crippen LogP contribution < -0.4 is 23.8 Å². The molecule has 8 nitrogen and oxygen atoms in total. The van der Waals surface area contributed by atoms with Crippen molar-refractivity contribution in [3.63, 3.8) is 0 Å². The standard InChI is InChI=1S/C21H28N2O6S/c1-7-30(25,26)23(3)18-13-20(29-6)19(28-5)12-17(18)21(24)22-14(2)15-8-10-16(27-4)11-9-15/h8-14H,7H2,1-6H3,(H,22,24)/t14-/m1/s1. The molecule has 1 N–H and O–H groups in total. The van der Waals surface area contributed by atoms with Crippen LogP contribution in [0, 0.1) is 0 Å². The Kier molecular flexibility index (Phi) is 7.55. The van der Waals surface area contributed by atoms with Gasteiger partial charge in [0.25, 0.3) is 5.91 Å². The fourth-order valence-electron chi connectivity index (χ4n) is 2.90. The molecule has 0 heterocycles. The Labute approximate surface area is 177 Å². The second-order valence-electron chi connectivity index (χ2n) is 6.56. The summed E-state index contributed by atoms with van der Waals surface area (Å²) in [4.78, 5) is 13.1. The first kappa shape index (κ1) is 23.3. The van der Waals surface area contributed by atoms with E-state index >= 15 is 0 Å². The van der Waals surface area contributed by atoms with Crippen LogP contribution in [0.15, 0.2) is 36.4 Å². The molecule has 0 unspecified atom stereocenters. The molecular formula is C21H28N2O6S. The van der Waals surface area contributed by atoms with E-state index in [0.29, 0.717) is 17.2 Å². The molecule has 2 aromatic carbocycles. The molecule has 0 spiro atoms. The number of carbonyl (C=O) groups excluding carboxylic acids is 1. The average molecular weight is 437 g/mol. The lowest BCUT2D eigenvalue weighted by molar-refractivity contribution is 0.0940. The van der Waals surface area contributed by atoms with Crippen LogP contribution in [0.5, 0.6) is 17.2 Å². The van der Waals surface area contributed by atoms with Crippen molar-refractivity contribution in [3.8, 4) is 17.2 Å². The highest BCUT2D eigenvalue weighted by atomic mass is 32.2. The topological polar surface area (TPSA) is 94.2 Å². The van der Waals surface area contributed by atoms with Crippen LogP contribution in [0.2, 0.25) is 0 Å². The summed E-state index contributed by atoms with van der Waals surface area (Å²) in [5.74, 6) is 0.815. The first-order valence-electron chi connectivity index (χ1n) is 9.35.